The first-order valence-corrected chi connectivity index (χ1v) is 7.47. The molecule has 0 amide bonds. The Hall–Kier alpha value is -1.35. The molecular formula is C18H14I. The van der Waals surface area contributed by atoms with Gasteiger partial charge in [0.25, 0.3) is 0 Å². The lowest BCUT2D eigenvalue weighted by atomic mass is 9.99. The van der Waals surface area contributed by atoms with Crippen molar-refractivity contribution in [2.24, 2.45) is 0 Å². The largest absolute Gasteiger partial charge is 0.0622 e. The van der Waals surface area contributed by atoms with Crippen LogP contribution in [-0.4, -0.2) is 0 Å². The molecule has 0 aliphatic carbocycles. The Kier molecular flexibility index (Phi) is 3.83. The zero-order valence-electron chi connectivity index (χ0n) is 10.5. The minimum atomic E-state index is 0.978. The van der Waals surface area contributed by atoms with Crippen molar-refractivity contribution in [2.75, 3.05) is 0 Å². The molecule has 0 aliphatic rings. The molecule has 0 atom stereocenters. The summed E-state index contributed by atoms with van der Waals surface area (Å²) in [6, 6.07) is 23.6. The average molecular weight is 357 g/mol. The highest BCUT2D eigenvalue weighted by atomic mass is 127. The fourth-order valence-electron chi connectivity index (χ4n) is 2.31. The number of hydrogen-bond acceptors (Lipinski definition) is 0. The van der Waals surface area contributed by atoms with Gasteiger partial charge in [-0.1, -0.05) is 60.7 Å². The lowest BCUT2D eigenvalue weighted by molar-refractivity contribution is 1.17. The quantitative estimate of drug-likeness (QED) is 0.563. The molecule has 1 radical (unpaired) electrons. The average Bonchev–Trinajstić information content (AvgIpc) is 2.48. The first-order chi connectivity index (χ1) is 9.34. The Morgan fingerprint density at radius 2 is 1.42 bits per heavy atom. The monoisotopic (exact) mass is 357 g/mol. The fourth-order valence-corrected chi connectivity index (χ4v) is 2.96. The highest BCUT2D eigenvalue weighted by Crippen LogP contribution is 2.25. The van der Waals surface area contributed by atoms with Crippen molar-refractivity contribution < 1.29 is 0 Å². The summed E-state index contributed by atoms with van der Waals surface area (Å²) < 4.78 is 1.31. The van der Waals surface area contributed by atoms with Crippen LogP contribution in [0.15, 0.2) is 66.7 Å². The van der Waals surface area contributed by atoms with Crippen LogP contribution in [0.5, 0.6) is 0 Å². The Bertz CT molecular complexity index is 686. The molecule has 0 N–H and O–H groups in total. The van der Waals surface area contributed by atoms with Crippen LogP contribution in [0, 0.1) is 9.99 Å². The van der Waals surface area contributed by atoms with Crippen molar-refractivity contribution in [1.82, 2.24) is 0 Å². The standard InChI is InChI=1S/C18H14I/c19-18-13-12-15(16-8-4-5-9-17(16)18)11-10-14-6-2-1-3-7-14/h1-9,11-13H,10H2. The zero-order valence-corrected chi connectivity index (χ0v) is 12.7. The molecule has 0 bridgehead atoms. The Morgan fingerprint density at radius 3 is 2.21 bits per heavy atom. The molecule has 3 aromatic rings. The number of hydrogen-bond donors (Lipinski definition) is 0. The summed E-state index contributed by atoms with van der Waals surface area (Å²) in [5.74, 6) is 0. The summed E-state index contributed by atoms with van der Waals surface area (Å²) in [6.45, 7) is 0. The van der Waals surface area contributed by atoms with Gasteiger partial charge in [0.05, 0.1) is 0 Å². The molecule has 3 aromatic carbocycles. The summed E-state index contributed by atoms with van der Waals surface area (Å²) in [6.07, 6.45) is 3.29. The van der Waals surface area contributed by atoms with Crippen molar-refractivity contribution in [1.29, 1.82) is 0 Å². The number of benzene rings is 3. The second-order valence-corrected chi connectivity index (χ2v) is 5.74. The van der Waals surface area contributed by atoms with E-state index in [0.29, 0.717) is 0 Å². The molecule has 0 unspecified atom stereocenters. The van der Waals surface area contributed by atoms with E-state index in [1.165, 1.54) is 25.5 Å². The van der Waals surface area contributed by atoms with E-state index in [1.54, 1.807) is 0 Å². The van der Waals surface area contributed by atoms with E-state index in [9.17, 15) is 0 Å². The van der Waals surface area contributed by atoms with E-state index < -0.39 is 0 Å². The van der Waals surface area contributed by atoms with Crippen LogP contribution in [0.2, 0.25) is 0 Å². The second-order valence-electron chi connectivity index (χ2n) is 4.58. The molecule has 0 fully saturated rings. The number of rotatable bonds is 3. The van der Waals surface area contributed by atoms with Crippen molar-refractivity contribution in [3.05, 3.63) is 87.8 Å². The van der Waals surface area contributed by atoms with Gasteiger partial charge >= 0.3 is 0 Å². The van der Waals surface area contributed by atoms with Gasteiger partial charge in [-0.15, -0.1) is 0 Å². The maximum atomic E-state index is 2.40. The van der Waals surface area contributed by atoms with Crippen LogP contribution in [0.3, 0.4) is 0 Å². The van der Waals surface area contributed by atoms with E-state index in [4.69, 9.17) is 0 Å². The molecule has 0 saturated heterocycles. The van der Waals surface area contributed by atoms with Gasteiger partial charge in [0.15, 0.2) is 0 Å². The van der Waals surface area contributed by atoms with Gasteiger partial charge in [-0.25, -0.2) is 0 Å². The zero-order chi connectivity index (χ0) is 13.1. The molecule has 0 heterocycles. The van der Waals surface area contributed by atoms with Crippen LogP contribution < -0.4 is 0 Å². The van der Waals surface area contributed by atoms with E-state index in [2.05, 4.69) is 95.7 Å². The first-order valence-electron chi connectivity index (χ1n) is 6.39. The van der Waals surface area contributed by atoms with Crippen LogP contribution in [0.1, 0.15) is 11.1 Å². The SMILES string of the molecule is Ic1ccc([CH]Cc2ccccc2)c2ccccc12. The summed E-state index contributed by atoms with van der Waals surface area (Å²) in [5.41, 5.74) is 2.67. The molecule has 1 heteroatoms. The van der Waals surface area contributed by atoms with Crippen LogP contribution in [-0.2, 0) is 6.42 Å². The van der Waals surface area contributed by atoms with Crippen LogP contribution in [0.25, 0.3) is 10.8 Å². The minimum Gasteiger partial charge on any atom is -0.0622 e. The molecule has 0 spiro atoms. The van der Waals surface area contributed by atoms with E-state index in [-0.39, 0.29) is 0 Å². The van der Waals surface area contributed by atoms with Gasteiger partial charge in [-0.05, 0) is 63.4 Å². The topological polar surface area (TPSA) is 0 Å². The summed E-state index contributed by atoms with van der Waals surface area (Å²) in [5, 5.41) is 2.68. The smallest absolute Gasteiger partial charge is 0.0208 e. The predicted octanol–water partition coefficient (Wildman–Crippen LogP) is 5.24. The van der Waals surface area contributed by atoms with Crippen molar-refractivity contribution in [3.8, 4) is 0 Å². The fraction of sp³-hybridized carbons (Fsp3) is 0.0556. The Balaban J connectivity index is 1.91. The summed E-state index contributed by atoms with van der Waals surface area (Å²) in [7, 11) is 0. The second kappa shape index (κ2) is 5.74. The highest BCUT2D eigenvalue weighted by Gasteiger charge is 2.04. The number of halogens is 1. The molecule has 0 aromatic heterocycles. The molecular weight excluding hydrogens is 343 g/mol. The van der Waals surface area contributed by atoms with Crippen LogP contribution >= 0.6 is 22.6 Å². The van der Waals surface area contributed by atoms with Crippen molar-refractivity contribution >= 4 is 33.4 Å². The van der Waals surface area contributed by atoms with Crippen molar-refractivity contribution in [3.63, 3.8) is 0 Å². The van der Waals surface area contributed by atoms with Gasteiger partial charge in [0, 0.05) is 3.57 Å². The first kappa shape index (κ1) is 12.7. The normalized spacial score (nSPS) is 10.8. The molecule has 19 heavy (non-hydrogen) atoms. The molecule has 3 rings (SSSR count). The Morgan fingerprint density at radius 1 is 0.737 bits per heavy atom. The molecule has 0 nitrogen and oxygen atoms in total. The third kappa shape index (κ3) is 2.81. The Labute approximate surface area is 127 Å². The lowest BCUT2D eigenvalue weighted by Gasteiger charge is -2.08. The van der Waals surface area contributed by atoms with Gasteiger partial charge in [0.1, 0.15) is 0 Å². The molecule has 93 valence electrons. The molecule has 0 aliphatic heterocycles. The van der Waals surface area contributed by atoms with Crippen molar-refractivity contribution in [2.45, 2.75) is 6.42 Å². The van der Waals surface area contributed by atoms with Gasteiger partial charge in [-0.2, -0.15) is 0 Å². The summed E-state index contributed by atoms with van der Waals surface area (Å²) >= 11 is 2.40. The number of fused-ring (bicyclic) bond motifs is 1. The maximum Gasteiger partial charge on any atom is 0.0208 e. The van der Waals surface area contributed by atoms with Gasteiger partial charge < -0.3 is 0 Å². The maximum absolute atomic E-state index is 2.40. The third-order valence-electron chi connectivity index (χ3n) is 3.31. The minimum absolute atomic E-state index is 0.978. The van der Waals surface area contributed by atoms with E-state index >= 15 is 0 Å². The van der Waals surface area contributed by atoms with Gasteiger partial charge in [-0.3, -0.25) is 0 Å². The lowest BCUT2D eigenvalue weighted by Crippen LogP contribution is -1.91. The van der Waals surface area contributed by atoms with Crippen LogP contribution in [0.4, 0.5) is 0 Å². The third-order valence-corrected chi connectivity index (χ3v) is 4.25. The summed E-state index contributed by atoms with van der Waals surface area (Å²) in [4.78, 5) is 0. The van der Waals surface area contributed by atoms with E-state index in [0.717, 1.165) is 6.42 Å². The van der Waals surface area contributed by atoms with E-state index in [1.807, 2.05) is 0 Å². The molecule has 0 saturated carbocycles. The predicted molar refractivity (Wildman–Crippen MR) is 90.2 cm³/mol. The highest BCUT2D eigenvalue weighted by molar-refractivity contribution is 14.1. The van der Waals surface area contributed by atoms with Gasteiger partial charge in [0.2, 0.25) is 0 Å².